The molecule has 0 aliphatic heterocycles. The zero-order valence-electron chi connectivity index (χ0n) is 14.5. The number of rotatable bonds is 7. The molecule has 0 saturated heterocycles. The predicted octanol–water partition coefficient (Wildman–Crippen LogP) is 2.51. The zero-order chi connectivity index (χ0) is 16.1. The maximum absolute atomic E-state index is 9.90. The van der Waals surface area contributed by atoms with Gasteiger partial charge in [-0.2, -0.15) is 5.10 Å². The zero-order valence-corrected chi connectivity index (χ0v) is 14.5. The summed E-state index contributed by atoms with van der Waals surface area (Å²) in [5.41, 5.74) is 2.28. The van der Waals surface area contributed by atoms with Gasteiger partial charge in [0.15, 0.2) is 0 Å². The van der Waals surface area contributed by atoms with Gasteiger partial charge in [-0.25, -0.2) is 4.68 Å². The van der Waals surface area contributed by atoms with Crippen LogP contribution in [-0.2, 0) is 20.0 Å². The van der Waals surface area contributed by atoms with E-state index >= 15 is 0 Å². The lowest BCUT2D eigenvalue weighted by Gasteiger charge is -2.35. The van der Waals surface area contributed by atoms with E-state index in [0.717, 1.165) is 24.5 Å². The van der Waals surface area contributed by atoms with Crippen molar-refractivity contribution in [3.63, 3.8) is 0 Å². The number of ether oxygens (including phenoxy) is 1. The molecule has 126 valence electrons. The van der Waals surface area contributed by atoms with Gasteiger partial charge in [0, 0.05) is 26.2 Å². The molecule has 1 unspecified atom stereocenters. The van der Waals surface area contributed by atoms with Crippen molar-refractivity contribution >= 4 is 0 Å². The van der Waals surface area contributed by atoms with Crippen LogP contribution >= 0.6 is 0 Å². The van der Waals surface area contributed by atoms with Gasteiger partial charge in [-0.1, -0.05) is 26.2 Å². The van der Waals surface area contributed by atoms with Gasteiger partial charge in [0.05, 0.1) is 24.5 Å². The largest absolute Gasteiger partial charge is 0.481 e. The van der Waals surface area contributed by atoms with Crippen molar-refractivity contribution in [1.29, 1.82) is 0 Å². The monoisotopic (exact) mass is 309 g/mol. The lowest BCUT2D eigenvalue weighted by molar-refractivity contribution is 0.0760. The summed E-state index contributed by atoms with van der Waals surface area (Å²) in [5, 5.41) is 14.5. The number of nitrogens with zero attached hydrogens (tertiary/aromatic N) is 3. The van der Waals surface area contributed by atoms with Crippen LogP contribution < -0.4 is 4.74 Å². The van der Waals surface area contributed by atoms with Crippen LogP contribution in [0.5, 0.6) is 5.88 Å². The first kappa shape index (κ1) is 17.3. The van der Waals surface area contributed by atoms with E-state index in [1.165, 1.54) is 37.7 Å². The molecule has 1 saturated carbocycles. The Morgan fingerprint density at radius 2 is 2.05 bits per heavy atom. The summed E-state index contributed by atoms with van der Waals surface area (Å²) >= 11 is 0. The quantitative estimate of drug-likeness (QED) is 0.841. The van der Waals surface area contributed by atoms with E-state index in [1.54, 1.807) is 7.11 Å². The Labute approximate surface area is 134 Å². The molecule has 5 nitrogen and oxygen atoms in total. The summed E-state index contributed by atoms with van der Waals surface area (Å²) in [5.74, 6) is 0.850. The van der Waals surface area contributed by atoms with E-state index in [2.05, 4.69) is 16.9 Å². The highest BCUT2D eigenvalue weighted by atomic mass is 16.5. The Balaban J connectivity index is 2.22. The van der Waals surface area contributed by atoms with Crippen molar-refractivity contribution < 1.29 is 9.84 Å². The van der Waals surface area contributed by atoms with Crippen LogP contribution in [0.25, 0.3) is 0 Å². The average Bonchev–Trinajstić information content (AvgIpc) is 2.82. The van der Waals surface area contributed by atoms with Crippen LogP contribution in [0.15, 0.2) is 0 Å². The second kappa shape index (κ2) is 7.97. The molecule has 1 fully saturated rings. The first-order valence-corrected chi connectivity index (χ1v) is 8.57. The molecule has 0 amide bonds. The summed E-state index contributed by atoms with van der Waals surface area (Å²) < 4.78 is 7.39. The van der Waals surface area contributed by atoms with Crippen molar-refractivity contribution in [2.75, 3.05) is 13.7 Å². The molecule has 1 aliphatic carbocycles. The summed E-state index contributed by atoms with van der Waals surface area (Å²) in [4.78, 5) is 2.43. The van der Waals surface area contributed by atoms with E-state index in [9.17, 15) is 5.11 Å². The maximum atomic E-state index is 9.90. The molecule has 0 spiro atoms. The number of aromatic nitrogens is 2. The first-order chi connectivity index (χ1) is 10.6. The van der Waals surface area contributed by atoms with Gasteiger partial charge in [0.25, 0.3) is 0 Å². The molecule has 1 heterocycles. The molecule has 1 aromatic rings. The van der Waals surface area contributed by atoms with Crippen LogP contribution in [0.4, 0.5) is 0 Å². The highest BCUT2D eigenvalue weighted by Gasteiger charge is 2.26. The molecule has 2 rings (SSSR count). The van der Waals surface area contributed by atoms with E-state index in [4.69, 9.17) is 4.74 Å². The second-order valence-electron chi connectivity index (χ2n) is 6.48. The van der Waals surface area contributed by atoms with Gasteiger partial charge < -0.3 is 9.84 Å². The molecular formula is C17H31N3O2. The maximum Gasteiger partial charge on any atom is 0.216 e. The Bertz CT molecular complexity index is 465. The molecule has 0 bridgehead atoms. The van der Waals surface area contributed by atoms with Crippen LogP contribution in [0, 0.1) is 0 Å². The third-order valence-corrected chi connectivity index (χ3v) is 4.65. The summed E-state index contributed by atoms with van der Waals surface area (Å²) in [6, 6.07) is 0.568. The average molecular weight is 309 g/mol. The van der Waals surface area contributed by atoms with Gasteiger partial charge >= 0.3 is 0 Å². The molecule has 0 radical (unpaired) electrons. The van der Waals surface area contributed by atoms with Gasteiger partial charge in [0.1, 0.15) is 0 Å². The Morgan fingerprint density at radius 1 is 1.36 bits per heavy atom. The van der Waals surface area contributed by atoms with Crippen molar-refractivity contribution in [3.05, 3.63) is 11.3 Å². The van der Waals surface area contributed by atoms with Gasteiger partial charge in [-0.3, -0.25) is 4.90 Å². The van der Waals surface area contributed by atoms with Gasteiger partial charge in [-0.15, -0.1) is 0 Å². The number of aliphatic hydroxyl groups excluding tert-OH is 1. The smallest absolute Gasteiger partial charge is 0.216 e. The Kier molecular flexibility index (Phi) is 6.26. The SMILES string of the molecule is CCc1nn(C)c(OC)c1CN(CC(C)O)C1CCCCC1. The minimum atomic E-state index is -0.310. The van der Waals surface area contributed by atoms with E-state index in [-0.39, 0.29) is 6.10 Å². The number of aliphatic hydroxyl groups is 1. The minimum Gasteiger partial charge on any atom is -0.481 e. The fraction of sp³-hybridized carbons (Fsp3) is 0.824. The first-order valence-electron chi connectivity index (χ1n) is 8.57. The molecular weight excluding hydrogens is 278 g/mol. The van der Waals surface area contributed by atoms with Crippen LogP contribution in [0.1, 0.15) is 57.2 Å². The summed E-state index contributed by atoms with van der Waals surface area (Å²) in [6.07, 6.45) is 7.00. The normalized spacial score (nSPS) is 17.9. The van der Waals surface area contributed by atoms with Crippen LogP contribution in [0.3, 0.4) is 0 Å². The van der Waals surface area contributed by atoms with Gasteiger partial charge in [0.2, 0.25) is 5.88 Å². The van der Waals surface area contributed by atoms with Gasteiger partial charge in [-0.05, 0) is 26.2 Å². The predicted molar refractivity (Wildman–Crippen MR) is 88.1 cm³/mol. The molecule has 5 heteroatoms. The topological polar surface area (TPSA) is 50.5 Å². The number of hydrogen-bond acceptors (Lipinski definition) is 4. The third kappa shape index (κ3) is 4.02. The van der Waals surface area contributed by atoms with E-state index in [0.29, 0.717) is 12.6 Å². The molecule has 1 N–H and O–H groups in total. The van der Waals surface area contributed by atoms with E-state index in [1.807, 2.05) is 18.7 Å². The van der Waals surface area contributed by atoms with Crippen molar-refractivity contribution in [1.82, 2.24) is 14.7 Å². The molecule has 0 aromatic carbocycles. The second-order valence-corrected chi connectivity index (χ2v) is 6.48. The lowest BCUT2D eigenvalue weighted by Crippen LogP contribution is -2.40. The standard InChI is InChI=1S/C17H31N3O2/c1-5-16-15(17(22-4)19(3)18-16)12-20(11-13(2)21)14-9-7-6-8-10-14/h13-14,21H,5-12H2,1-4H3. The van der Waals surface area contributed by atoms with Crippen molar-refractivity contribution in [3.8, 4) is 5.88 Å². The van der Waals surface area contributed by atoms with Crippen LogP contribution in [0.2, 0.25) is 0 Å². The van der Waals surface area contributed by atoms with Crippen molar-refractivity contribution in [2.45, 2.75) is 71.1 Å². The Hall–Kier alpha value is -1.07. The highest BCUT2D eigenvalue weighted by molar-refractivity contribution is 5.31. The molecule has 1 aliphatic rings. The highest BCUT2D eigenvalue weighted by Crippen LogP contribution is 2.28. The Morgan fingerprint density at radius 3 is 2.59 bits per heavy atom. The fourth-order valence-corrected chi connectivity index (χ4v) is 3.64. The number of aryl methyl sites for hydroxylation is 2. The fourth-order valence-electron chi connectivity index (χ4n) is 3.64. The third-order valence-electron chi connectivity index (χ3n) is 4.65. The summed E-state index contributed by atoms with van der Waals surface area (Å²) in [7, 11) is 3.64. The number of hydrogen-bond donors (Lipinski definition) is 1. The molecule has 22 heavy (non-hydrogen) atoms. The lowest BCUT2D eigenvalue weighted by atomic mass is 9.93. The number of methoxy groups -OCH3 is 1. The van der Waals surface area contributed by atoms with Crippen LogP contribution in [-0.4, -0.2) is 45.6 Å². The van der Waals surface area contributed by atoms with Crippen molar-refractivity contribution in [2.24, 2.45) is 7.05 Å². The molecule has 1 atom stereocenters. The summed E-state index contributed by atoms with van der Waals surface area (Å²) in [6.45, 7) is 5.53. The minimum absolute atomic E-state index is 0.310. The van der Waals surface area contributed by atoms with E-state index < -0.39 is 0 Å². The molecule has 1 aromatic heterocycles.